The molecule has 4 heterocycles. The summed E-state index contributed by atoms with van der Waals surface area (Å²) in [4.78, 5) is 25.9. The third-order valence-electron chi connectivity index (χ3n) is 7.14. The SMILES string of the molecule is CC1(O)CCC(c2ccc(Nc3ccc(-c4cnc5cnccn45)c4c3C(=O)NC4)nc2)CC1. The molecule has 3 N–H and O–H groups in total. The number of imidazole rings is 1. The van der Waals surface area contributed by atoms with E-state index in [0.717, 1.165) is 53.8 Å². The second-order valence-corrected chi connectivity index (χ2v) is 9.52. The molecule has 8 nitrogen and oxygen atoms in total. The van der Waals surface area contributed by atoms with E-state index in [9.17, 15) is 9.90 Å². The van der Waals surface area contributed by atoms with Gasteiger partial charge in [0.05, 0.1) is 34.9 Å². The van der Waals surface area contributed by atoms with Crippen LogP contribution in [0.3, 0.4) is 0 Å². The number of aromatic nitrogens is 4. The third-order valence-corrected chi connectivity index (χ3v) is 7.14. The van der Waals surface area contributed by atoms with Crippen LogP contribution in [0.2, 0.25) is 0 Å². The van der Waals surface area contributed by atoms with Crippen molar-refractivity contribution < 1.29 is 9.90 Å². The van der Waals surface area contributed by atoms with Crippen molar-refractivity contribution in [2.75, 3.05) is 5.32 Å². The molecule has 0 bridgehead atoms. The van der Waals surface area contributed by atoms with E-state index in [-0.39, 0.29) is 5.91 Å². The molecule has 1 amide bonds. The first kappa shape index (κ1) is 20.8. The predicted octanol–water partition coefficient (Wildman–Crippen LogP) is 4.19. The lowest BCUT2D eigenvalue weighted by molar-refractivity contribution is 0.0171. The van der Waals surface area contributed by atoms with Crippen molar-refractivity contribution in [3.8, 4) is 11.3 Å². The number of hydrogen-bond donors (Lipinski definition) is 3. The van der Waals surface area contributed by atoms with Gasteiger partial charge in [-0.3, -0.25) is 14.2 Å². The highest BCUT2D eigenvalue weighted by Crippen LogP contribution is 2.38. The highest BCUT2D eigenvalue weighted by atomic mass is 16.3. The van der Waals surface area contributed by atoms with Crippen molar-refractivity contribution in [1.82, 2.24) is 24.7 Å². The molecule has 1 aliphatic carbocycles. The molecule has 172 valence electrons. The van der Waals surface area contributed by atoms with E-state index in [1.807, 2.05) is 48.1 Å². The zero-order chi connectivity index (χ0) is 23.3. The standard InChI is InChI=1S/C26H26N6O2/c1-26(34)8-6-16(7-9-26)17-2-5-22(28-12-17)31-20-4-3-18(19-13-30-25(33)24(19)20)21-14-29-23-15-27-10-11-32(21)23/h2-5,10-12,14-16,34H,6-9,13H2,1H3,(H,28,31)(H,30,33). The summed E-state index contributed by atoms with van der Waals surface area (Å²) in [5, 5.41) is 16.5. The van der Waals surface area contributed by atoms with E-state index in [2.05, 4.69) is 31.7 Å². The Hall–Kier alpha value is -3.78. The number of carbonyl (C=O) groups excluding carboxylic acids is 1. The summed E-state index contributed by atoms with van der Waals surface area (Å²) in [5.74, 6) is 1.03. The lowest BCUT2D eigenvalue weighted by Crippen LogP contribution is -2.29. The van der Waals surface area contributed by atoms with Gasteiger partial charge in [-0.2, -0.15) is 0 Å². The molecule has 0 radical (unpaired) electrons. The van der Waals surface area contributed by atoms with Gasteiger partial charge in [0.1, 0.15) is 5.82 Å². The van der Waals surface area contributed by atoms with Crippen LogP contribution < -0.4 is 10.6 Å². The molecule has 1 aliphatic heterocycles. The first-order valence-electron chi connectivity index (χ1n) is 11.7. The average molecular weight is 455 g/mol. The number of nitrogens with zero attached hydrogens (tertiary/aromatic N) is 4. The number of carbonyl (C=O) groups is 1. The molecule has 2 aliphatic rings. The molecule has 1 aromatic carbocycles. The van der Waals surface area contributed by atoms with E-state index in [4.69, 9.17) is 0 Å². The Morgan fingerprint density at radius 1 is 1.12 bits per heavy atom. The van der Waals surface area contributed by atoms with Crippen molar-refractivity contribution >= 4 is 23.1 Å². The van der Waals surface area contributed by atoms with Crippen LogP contribution in [-0.4, -0.2) is 36.0 Å². The topological polar surface area (TPSA) is 104 Å². The lowest BCUT2D eigenvalue weighted by Gasteiger charge is -2.33. The van der Waals surface area contributed by atoms with Crippen LogP contribution in [0.25, 0.3) is 16.9 Å². The second-order valence-electron chi connectivity index (χ2n) is 9.52. The van der Waals surface area contributed by atoms with E-state index in [0.29, 0.717) is 23.8 Å². The van der Waals surface area contributed by atoms with Gasteiger partial charge in [0.25, 0.3) is 5.91 Å². The van der Waals surface area contributed by atoms with Crippen LogP contribution in [0.1, 0.15) is 60.0 Å². The van der Waals surface area contributed by atoms with Crippen molar-refractivity contribution in [3.05, 3.63) is 71.9 Å². The molecule has 8 heteroatoms. The molecule has 4 aromatic rings. The van der Waals surface area contributed by atoms with E-state index in [1.165, 1.54) is 5.56 Å². The fourth-order valence-corrected chi connectivity index (χ4v) is 5.17. The number of nitrogens with one attached hydrogen (secondary N) is 2. The van der Waals surface area contributed by atoms with Gasteiger partial charge in [-0.05, 0) is 61.8 Å². The van der Waals surface area contributed by atoms with Crippen LogP contribution in [0.4, 0.5) is 11.5 Å². The molecule has 1 saturated carbocycles. The molecule has 0 atom stereocenters. The molecule has 1 fully saturated rings. The van der Waals surface area contributed by atoms with Gasteiger partial charge < -0.3 is 15.7 Å². The predicted molar refractivity (Wildman–Crippen MR) is 129 cm³/mol. The van der Waals surface area contributed by atoms with E-state index >= 15 is 0 Å². The highest BCUT2D eigenvalue weighted by Gasteiger charge is 2.30. The molecule has 0 saturated heterocycles. The quantitative estimate of drug-likeness (QED) is 0.427. The minimum atomic E-state index is -0.543. The summed E-state index contributed by atoms with van der Waals surface area (Å²) < 4.78 is 1.98. The van der Waals surface area contributed by atoms with Crippen molar-refractivity contribution in [1.29, 1.82) is 0 Å². The van der Waals surface area contributed by atoms with Crippen LogP contribution in [-0.2, 0) is 6.54 Å². The van der Waals surface area contributed by atoms with Crippen molar-refractivity contribution in [2.45, 2.75) is 50.7 Å². The number of aliphatic hydroxyl groups is 1. The normalized spacial score (nSPS) is 21.9. The van der Waals surface area contributed by atoms with Crippen LogP contribution >= 0.6 is 0 Å². The summed E-state index contributed by atoms with van der Waals surface area (Å²) in [5.41, 5.74) is 5.62. The summed E-state index contributed by atoms with van der Waals surface area (Å²) in [7, 11) is 0. The molecule has 34 heavy (non-hydrogen) atoms. The summed E-state index contributed by atoms with van der Waals surface area (Å²) in [6, 6.07) is 8.01. The van der Waals surface area contributed by atoms with Gasteiger partial charge in [-0.15, -0.1) is 0 Å². The first-order valence-corrected chi connectivity index (χ1v) is 11.7. The minimum absolute atomic E-state index is 0.0966. The van der Waals surface area contributed by atoms with E-state index in [1.54, 1.807) is 12.4 Å². The number of rotatable bonds is 4. The van der Waals surface area contributed by atoms with Gasteiger partial charge >= 0.3 is 0 Å². The minimum Gasteiger partial charge on any atom is -0.390 e. The monoisotopic (exact) mass is 454 g/mol. The van der Waals surface area contributed by atoms with Gasteiger partial charge in [-0.1, -0.05) is 12.1 Å². The summed E-state index contributed by atoms with van der Waals surface area (Å²) in [6.45, 7) is 2.39. The zero-order valence-corrected chi connectivity index (χ0v) is 19.0. The Morgan fingerprint density at radius 2 is 1.97 bits per heavy atom. The molecule has 0 unspecified atom stereocenters. The fourth-order valence-electron chi connectivity index (χ4n) is 5.17. The number of fused-ring (bicyclic) bond motifs is 2. The van der Waals surface area contributed by atoms with Crippen molar-refractivity contribution in [3.63, 3.8) is 0 Å². The Bertz CT molecular complexity index is 1380. The van der Waals surface area contributed by atoms with Crippen LogP contribution in [0.15, 0.2) is 55.2 Å². The van der Waals surface area contributed by atoms with Crippen LogP contribution in [0, 0.1) is 0 Å². The summed E-state index contributed by atoms with van der Waals surface area (Å²) in [6.07, 6.45) is 12.6. The Kier molecular flexibility index (Phi) is 4.84. The maximum Gasteiger partial charge on any atom is 0.254 e. The zero-order valence-electron chi connectivity index (χ0n) is 19.0. The van der Waals surface area contributed by atoms with Crippen molar-refractivity contribution in [2.24, 2.45) is 0 Å². The molecular weight excluding hydrogens is 428 g/mol. The van der Waals surface area contributed by atoms with Gasteiger partial charge in [0, 0.05) is 30.7 Å². The number of benzene rings is 1. The largest absolute Gasteiger partial charge is 0.390 e. The fraction of sp³-hybridized carbons (Fsp3) is 0.308. The molecular formula is C26H26N6O2. The Morgan fingerprint density at radius 3 is 2.76 bits per heavy atom. The number of anilines is 2. The third kappa shape index (κ3) is 3.60. The number of amides is 1. The molecule has 3 aromatic heterocycles. The van der Waals surface area contributed by atoms with Gasteiger partial charge in [-0.25, -0.2) is 9.97 Å². The summed E-state index contributed by atoms with van der Waals surface area (Å²) >= 11 is 0. The van der Waals surface area contributed by atoms with Crippen LogP contribution in [0.5, 0.6) is 0 Å². The Balaban J connectivity index is 1.28. The van der Waals surface area contributed by atoms with Gasteiger partial charge in [0.15, 0.2) is 5.65 Å². The first-order chi connectivity index (χ1) is 16.5. The lowest BCUT2D eigenvalue weighted by atomic mass is 9.77. The van der Waals surface area contributed by atoms with E-state index < -0.39 is 5.60 Å². The molecule has 0 spiro atoms. The molecule has 6 rings (SSSR count). The smallest absolute Gasteiger partial charge is 0.254 e. The second kappa shape index (κ2) is 7.92. The maximum absolute atomic E-state index is 12.8. The number of pyridine rings is 1. The Labute approximate surface area is 197 Å². The average Bonchev–Trinajstić information content (AvgIpc) is 3.44. The maximum atomic E-state index is 12.8. The van der Waals surface area contributed by atoms with Gasteiger partial charge in [0.2, 0.25) is 0 Å². The highest BCUT2D eigenvalue weighted by molar-refractivity contribution is 6.06. The number of hydrogen-bond acceptors (Lipinski definition) is 6.